The molecule has 162 valence electrons. The van der Waals surface area contributed by atoms with Gasteiger partial charge in [-0.05, 0) is 71.1 Å². The van der Waals surface area contributed by atoms with Gasteiger partial charge >= 0.3 is 0 Å². The zero-order valence-corrected chi connectivity index (χ0v) is 18.0. The molecule has 1 atom stereocenters. The van der Waals surface area contributed by atoms with E-state index in [0.29, 0.717) is 31.5 Å². The average Bonchev–Trinajstić information content (AvgIpc) is 3.12. The Balaban J connectivity index is 1.29. The topological polar surface area (TPSA) is 70.7 Å². The summed E-state index contributed by atoms with van der Waals surface area (Å²) in [4.78, 5) is 26.9. The van der Waals surface area contributed by atoms with Crippen molar-refractivity contribution in [2.75, 3.05) is 12.4 Å². The second-order valence-electron chi connectivity index (χ2n) is 8.35. The standard InChI is InChI=1S/C26H25N3O3/c1-16-3-10-24(25(30)28-16)29-15-20-12-21(7-9-23(20)26(29)31)27-14-17-4-5-19-13-22(32-2)8-6-18(19)11-17/h4-9,11-13,24,27H,1,3,10,14-15H2,2H3,(H,28,30). The molecule has 3 aromatic carbocycles. The SMILES string of the molecule is C=C1CCC(N2Cc3cc(NCc4ccc5cc(OC)ccc5c4)ccc3C2=O)C(=O)N1. The van der Waals surface area contributed by atoms with E-state index in [1.54, 1.807) is 12.0 Å². The minimum absolute atomic E-state index is 0.0795. The Bertz CT molecular complexity index is 1250. The molecule has 32 heavy (non-hydrogen) atoms. The number of carbonyl (C=O) groups is 2. The summed E-state index contributed by atoms with van der Waals surface area (Å²) >= 11 is 0. The summed E-state index contributed by atoms with van der Waals surface area (Å²) in [6, 6.07) is 17.8. The molecule has 0 bridgehead atoms. The van der Waals surface area contributed by atoms with Crippen molar-refractivity contribution >= 4 is 28.3 Å². The van der Waals surface area contributed by atoms with Crippen molar-refractivity contribution < 1.29 is 14.3 Å². The van der Waals surface area contributed by atoms with Crippen molar-refractivity contribution in [3.8, 4) is 5.75 Å². The maximum atomic E-state index is 12.9. The first-order valence-electron chi connectivity index (χ1n) is 10.7. The highest BCUT2D eigenvalue weighted by Gasteiger charge is 2.38. The first-order chi connectivity index (χ1) is 15.5. The maximum absolute atomic E-state index is 12.9. The van der Waals surface area contributed by atoms with Crippen LogP contribution in [-0.4, -0.2) is 29.9 Å². The Morgan fingerprint density at radius 1 is 1.09 bits per heavy atom. The van der Waals surface area contributed by atoms with E-state index in [4.69, 9.17) is 4.74 Å². The predicted molar refractivity (Wildman–Crippen MR) is 124 cm³/mol. The second kappa shape index (κ2) is 8.04. The van der Waals surface area contributed by atoms with E-state index in [1.165, 1.54) is 5.56 Å². The first-order valence-corrected chi connectivity index (χ1v) is 10.7. The molecule has 2 heterocycles. The van der Waals surface area contributed by atoms with E-state index >= 15 is 0 Å². The molecule has 6 nitrogen and oxygen atoms in total. The van der Waals surface area contributed by atoms with Crippen LogP contribution in [-0.2, 0) is 17.9 Å². The number of ether oxygens (including phenoxy) is 1. The summed E-state index contributed by atoms with van der Waals surface area (Å²) in [6.07, 6.45) is 1.31. The monoisotopic (exact) mass is 427 g/mol. The molecule has 0 spiro atoms. The van der Waals surface area contributed by atoms with E-state index in [9.17, 15) is 9.59 Å². The largest absolute Gasteiger partial charge is 0.497 e. The van der Waals surface area contributed by atoms with Crippen LogP contribution in [0.5, 0.6) is 5.75 Å². The third kappa shape index (κ3) is 3.68. The molecule has 2 aliphatic rings. The third-order valence-electron chi connectivity index (χ3n) is 6.24. The minimum atomic E-state index is -0.437. The molecule has 3 aromatic rings. The van der Waals surface area contributed by atoms with Gasteiger partial charge in [-0.2, -0.15) is 0 Å². The highest BCUT2D eigenvalue weighted by atomic mass is 16.5. The summed E-state index contributed by atoms with van der Waals surface area (Å²) in [5, 5.41) is 8.53. The number of hydrogen-bond donors (Lipinski definition) is 2. The van der Waals surface area contributed by atoms with Crippen LogP contribution in [0, 0.1) is 0 Å². The Morgan fingerprint density at radius 2 is 1.91 bits per heavy atom. The highest BCUT2D eigenvalue weighted by molar-refractivity contribution is 6.01. The maximum Gasteiger partial charge on any atom is 0.255 e. The smallest absolute Gasteiger partial charge is 0.255 e. The van der Waals surface area contributed by atoms with Crippen molar-refractivity contribution in [2.45, 2.75) is 32.0 Å². The second-order valence-corrected chi connectivity index (χ2v) is 8.35. The summed E-state index contributed by atoms with van der Waals surface area (Å²) in [6.45, 7) is 4.94. The van der Waals surface area contributed by atoms with Crippen molar-refractivity contribution in [1.29, 1.82) is 0 Å². The van der Waals surface area contributed by atoms with E-state index in [0.717, 1.165) is 33.5 Å². The fourth-order valence-electron chi connectivity index (χ4n) is 4.48. The fraction of sp³-hybridized carbons (Fsp3) is 0.231. The molecule has 6 heteroatoms. The quantitative estimate of drug-likeness (QED) is 0.640. The number of nitrogens with one attached hydrogen (secondary N) is 2. The molecule has 2 aliphatic heterocycles. The van der Waals surface area contributed by atoms with Gasteiger partial charge in [0.2, 0.25) is 5.91 Å². The van der Waals surface area contributed by atoms with Crippen LogP contribution >= 0.6 is 0 Å². The Kier molecular flexibility index (Phi) is 5.05. The lowest BCUT2D eigenvalue weighted by molar-refractivity contribution is -0.126. The molecule has 1 fully saturated rings. The third-order valence-corrected chi connectivity index (χ3v) is 6.24. The Labute approximate surface area is 186 Å². The van der Waals surface area contributed by atoms with Gasteiger partial charge in [0.25, 0.3) is 5.91 Å². The number of hydrogen-bond acceptors (Lipinski definition) is 4. The molecule has 2 N–H and O–H groups in total. The van der Waals surface area contributed by atoms with E-state index in [1.807, 2.05) is 30.3 Å². The number of allylic oxidation sites excluding steroid dienone is 1. The van der Waals surface area contributed by atoms with Crippen LogP contribution in [0.4, 0.5) is 5.69 Å². The van der Waals surface area contributed by atoms with Gasteiger partial charge in [-0.1, -0.05) is 24.8 Å². The van der Waals surface area contributed by atoms with E-state index in [-0.39, 0.29) is 11.8 Å². The van der Waals surface area contributed by atoms with Crippen molar-refractivity contribution in [3.63, 3.8) is 0 Å². The number of methoxy groups -OCH3 is 1. The number of anilines is 1. The average molecular weight is 428 g/mol. The number of piperidine rings is 1. The summed E-state index contributed by atoms with van der Waals surface area (Å²) in [5.74, 6) is 0.625. The number of nitrogens with zero attached hydrogens (tertiary/aromatic N) is 1. The van der Waals surface area contributed by atoms with Crippen LogP contribution in [0.25, 0.3) is 10.8 Å². The normalized spacial score (nSPS) is 18.0. The molecular weight excluding hydrogens is 402 g/mol. The summed E-state index contributed by atoms with van der Waals surface area (Å²) < 4.78 is 5.29. The predicted octanol–water partition coefficient (Wildman–Crippen LogP) is 4.21. The van der Waals surface area contributed by atoms with Crippen LogP contribution < -0.4 is 15.4 Å². The zero-order chi connectivity index (χ0) is 22.2. The molecule has 5 rings (SSSR count). The number of rotatable bonds is 5. The van der Waals surface area contributed by atoms with Gasteiger partial charge < -0.3 is 20.3 Å². The van der Waals surface area contributed by atoms with Crippen LogP contribution in [0.15, 0.2) is 66.9 Å². The van der Waals surface area contributed by atoms with E-state index < -0.39 is 6.04 Å². The van der Waals surface area contributed by atoms with Crippen molar-refractivity contribution in [3.05, 3.63) is 83.6 Å². The molecule has 0 aromatic heterocycles. The van der Waals surface area contributed by atoms with Gasteiger partial charge in [0.15, 0.2) is 0 Å². The van der Waals surface area contributed by atoms with Gasteiger partial charge in [0.1, 0.15) is 11.8 Å². The molecule has 1 unspecified atom stereocenters. The van der Waals surface area contributed by atoms with Gasteiger partial charge in [-0.3, -0.25) is 9.59 Å². The van der Waals surface area contributed by atoms with Gasteiger partial charge in [0, 0.05) is 30.0 Å². The Morgan fingerprint density at radius 3 is 2.72 bits per heavy atom. The summed E-state index contributed by atoms with van der Waals surface area (Å²) in [7, 11) is 1.67. The molecule has 1 saturated heterocycles. The number of carbonyl (C=O) groups excluding carboxylic acids is 2. The number of amides is 2. The van der Waals surface area contributed by atoms with Gasteiger partial charge in [-0.25, -0.2) is 0 Å². The van der Waals surface area contributed by atoms with Gasteiger partial charge in [0.05, 0.1) is 7.11 Å². The lowest BCUT2D eigenvalue weighted by Crippen LogP contribution is -2.49. The molecule has 0 radical (unpaired) electrons. The fourth-order valence-corrected chi connectivity index (χ4v) is 4.48. The zero-order valence-electron chi connectivity index (χ0n) is 18.0. The lowest BCUT2D eigenvalue weighted by atomic mass is 10.0. The molecule has 0 aliphatic carbocycles. The number of fused-ring (bicyclic) bond motifs is 2. The minimum Gasteiger partial charge on any atom is -0.497 e. The van der Waals surface area contributed by atoms with Gasteiger partial charge in [-0.15, -0.1) is 0 Å². The molecule has 0 saturated carbocycles. The first kappa shape index (κ1) is 20.1. The number of benzene rings is 3. The van der Waals surface area contributed by atoms with E-state index in [2.05, 4.69) is 41.5 Å². The van der Waals surface area contributed by atoms with Crippen LogP contribution in [0.3, 0.4) is 0 Å². The molecule has 2 amide bonds. The lowest BCUT2D eigenvalue weighted by Gasteiger charge is -2.30. The Hall–Kier alpha value is -3.80. The summed E-state index contributed by atoms with van der Waals surface area (Å²) in [5.41, 5.74) is 4.46. The van der Waals surface area contributed by atoms with Crippen molar-refractivity contribution in [1.82, 2.24) is 10.2 Å². The highest BCUT2D eigenvalue weighted by Crippen LogP contribution is 2.30. The van der Waals surface area contributed by atoms with Crippen LogP contribution in [0.2, 0.25) is 0 Å². The van der Waals surface area contributed by atoms with Crippen molar-refractivity contribution in [2.24, 2.45) is 0 Å². The molecular formula is C26H25N3O3. The van der Waals surface area contributed by atoms with Crippen LogP contribution in [0.1, 0.15) is 34.3 Å².